The quantitative estimate of drug-likeness (QED) is 0.497. The van der Waals surface area contributed by atoms with Gasteiger partial charge in [0.1, 0.15) is 0 Å². The molecule has 0 bridgehead atoms. The van der Waals surface area contributed by atoms with Gasteiger partial charge in [0.2, 0.25) is 6.08 Å². The van der Waals surface area contributed by atoms with Crippen molar-refractivity contribution < 1.29 is 19.1 Å². The molecular formula is C13H15N3O4. The van der Waals surface area contributed by atoms with E-state index in [1.54, 1.807) is 12.1 Å². The molecule has 0 aliphatic rings. The Kier molecular flexibility index (Phi) is 5.93. The second-order valence-corrected chi connectivity index (χ2v) is 4.29. The van der Waals surface area contributed by atoms with Crippen LogP contribution in [0.3, 0.4) is 0 Å². The third kappa shape index (κ3) is 4.91. The highest BCUT2D eigenvalue weighted by atomic mass is 16.6. The second kappa shape index (κ2) is 7.70. The number of aliphatic imine (C=N–C) groups is 1. The number of carbonyl (C=O) groups is 2. The zero-order valence-electron chi connectivity index (χ0n) is 11.2. The van der Waals surface area contributed by atoms with Gasteiger partial charge in [0, 0.05) is 0 Å². The number of para-hydroxylation sites is 1. The van der Waals surface area contributed by atoms with Crippen LogP contribution in [-0.4, -0.2) is 24.7 Å². The first kappa shape index (κ1) is 15.4. The maximum Gasteiger partial charge on any atom is 0.426 e. The van der Waals surface area contributed by atoms with Gasteiger partial charge >= 0.3 is 6.09 Å². The lowest BCUT2D eigenvalue weighted by Crippen LogP contribution is -2.42. The van der Waals surface area contributed by atoms with E-state index in [4.69, 9.17) is 4.74 Å². The predicted molar refractivity (Wildman–Crippen MR) is 71.0 cm³/mol. The number of ether oxygens (including phenoxy) is 1. The summed E-state index contributed by atoms with van der Waals surface area (Å²) in [5.41, 5.74) is 4.58. The molecule has 0 aliphatic heterocycles. The number of hydrogen-bond donors (Lipinski definition) is 2. The number of carbonyl (C=O) groups excluding carboxylic acids is 3. The molecule has 0 saturated heterocycles. The van der Waals surface area contributed by atoms with E-state index in [0.717, 1.165) is 0 Å². The minimum atomic E-state index is -0.761. The van der Waals surface area contributed by atoms with Crippen LogP contribution in [0, 0.1) is 5.92 Å². The highest BCUT2D eigenvalue weighted by Gasteiger charge is 2.12. The summed E-state index contributed by atoms with van der Waals surface area (Å²) in [5, 5.41) is 0. The van der Waals surface area contributed by atoms with Crippen molar-refractivity contribution in [3.63, 3.8) is 0 Å². The number of rotatable bonds is 4. The minimum absolute atomic E-state index is 0.139. The van der Waals surface area contributed by atoms with Crippen molar-refractivity contribution in [1.82, 2.24) is 10.9 Å². The zero-order valence-corrected chi connectivity index (χ0v) is 11.2. The van der Waals surface area contributed by atoms with E-state index >= 15 is 0 Å². The van der Waals surface area contributed by atoms with Crippen LogP contribution in [0.1, 0.15) is 24.2 Å². The minimum Gasteiger partial charge on any atom is -0.448 e. The first-order valence-corrected chi connectivity index (χ1v) is 5.94. The average Bonchev–Trinajstić information content (AvgIpc) is 2.43. The fourth-order valence-corrected chi connectivity index (χ4v) is 1.27. The van der Waals surface area contributed by atoms with Crippen LogP contribution in [0.4, 0.5) is 10.5 Å². The topological polar surface area (TPSA) is 96.9 Å². The summed E-state index contributed by atoms with van der Waals surface area (Å²) in [6, 6.07) is 6.18. The van der Waals surface area contributed by atoms with Crippen LogP contribution in [-0.2, 0) is 9.53 Å². The molecule has 2 amide bonds. The number of hydrazine groups is 1. The molecule has 7 nitrogen and oxygen atoms in total. The Morgan fingerprint density at radius 3 is 2.65 bits per heavy atom. The van der Waals surface area contributed by atoms with Crippen LogP contribution in [0.15, 0.2) is 29.3 Å². The maximum absolute atomic E-state index is 11.8. The number of amides is 2. The summed E-state index contributed by atoms with van der Waals surface area (Å²) in [4.78, 5) is 36.7. The van der Waals surface area contributed by atoms with E-state index in [-0.39, 0.29) is 23.8 Å². The van der Waals surface area contributed by atoms with E-state index in [0.29, 0.717) is 0 Å². The molecule has 0 aliphatic carbocycles. The predicted octanol–water partition coefficient (Wildman–Crippen LogP) is 1.68. The van der Waals surface area contributed by atoms with E-state index in [9.17, 15) is 14.4 Å². The highest BCUT2D eigenvalue weighted by molar-refractivity contribution is 5.99. The Morgan fingerprint density at radius 1 is 1.30 bits per heavy atom. The largest absolute Gasteiger partial charge is 0.448 e. The summed E-state index contributed by atoms with van der Waals surface area (Å²) >= 11 is 0. The number of nitrogens with zero attached hydrogens (tertiary/aromatic N) is 1. The number of hydrogen-bond acceptors (Lipinski definition) is 5. The molecule has 0 fully saturated rings. The summed E-state index contributed by atoms with van der Waals surface area (Å²) in [6.45, 7) is 4.02. The van der Waals surface area contributed by atoms with Crippen molar-refractivity contribution in [1.29, 1.82) is 0 Å². The Morgan fingerprint density at radius 2 is 2.00 bits per heavy atom. The fraction of sp³-hybridized carbons (Fsp3) is 0.308. The Hall–Kier alpha value is -2.66. The van der Waals surface area contributed by atoms with Gasteiger partial charge in [-0.3, -0.25) is 10.2 Å². The third-order valence-electron chi connectivity index (χ3n) is 2.14. The van der Waals surface area contributed by atoms with Gasteiger partial charge in [-0.25, -0.2) is 15.0 Å². The van der Waals surface area contributed by atoms with Crippen LogP contribution < -0.4 is 10.9 Å². The molecule has 20 heavy (non-hydrogen) atoms. The second-order valence-electron chi connectivity index (χ2n) is 4.29. The molecule has 1 aromatic carbocycles. The lowest BCUT2D eigenvalue weighted by Gasteiger charge is -2.10. The molecular weight excluding hydrogens is 262 g/mol. The van der Waals surface area contributed by atoms with Crippen LogP contribution in [0.25, 0.3) is 0 Å². The SMILES string of the molecule is CC(C)COC(=O)NNC(=O)c1ccccc1N=C=O. The summed E-state index contributed by atoms with van der Waals surface area (Å²) in [7, 11) is 0. The monoisotopic (exact) mass is 277 g/mol. The first-order chi connectivity index (χ1) is 9.54. The van der Waals surface area contributed by atoms with Crippen LogP contribution >= 0.6 is 0 Å². The molecule has 0 aromatic heterocycles. The van der Waals surface area contributed by atoms with Gasteiger partial charge in [-0.1, -0.05) is 26.0 Å². The Labute approximate surface area is 116 Å². The number of isocyanates is 1. The normalized spacial score (nSPS) is 9.55. The van der Waals surface area contributed by atoms with Gasteiger partial charge < -0.3 is 4.74 Å². The van der Waals surface area contributed by atoms with Crippen LogP contribution in [0.2, 0.25) is 0 Å². The molecule has 1 aromatic rings. The van der Waals surface area contributed by atoms with Gasteiger partial charge in [0.15, 0.2) is 0 Å². The van der Waals surface area contributed by atoms with E-state index in [1.165, 1.54) is 18.2 Å². The molecule has 0 saturated carbocycles. The summed E-state index contributed by atoms with van der Waals surface area (Å²) in [6.07, 6.45) is 0.599. The standard InChI is InChI=1S/C13H15N3O4/c1-9(2)7-20-13(19)16-15-12(18)10-5-3-4-6-11(10)14-8-17/h3-6,9H,7H2,1-2H3,(H,15,18)(H,16,19). The van der Waals surface area contributed by atoms with E-state index in [1.807, 2.05) is 13.8 Å². The lowest BCUT2D eigenvalue weighted by atomic mass is 10.2. The van der Waals surface area contributed by atoms with Gasteiger partial charge in [0.25, 0.3) is 5.91 Å². The van der Waals surface area contributed by atoms with Gasteiger partial charge in [0.05, 0.1) is 17.9 Å². The molecule has 2 N–H and O–H groups in total. The number of benzene rings is 1. The maximum atomic E-state index is 11.8. The highest BCUT2D eigenvalue weighted by Crippen LogP contribution is 2.17. The average molecular weight is 277 g/mol. The smallest absolute Gasteiger partial charge is 0.426 e. The first-order valence-electron chi connectivity index (χ1n) is 5.94. The number of nitrogens with one attached hydrogen (secondary N) is 2. The molecule has 0 spiro atoms. The Balaban J connectivity index is 2.59. The van der Waals surface area contributed by atoms with Crippen molar-refractivity contribution in [3.05, 3.63) is 29.8 Å². The molecule has 0 unspecified atom stereocenters. The van der Waals surface area contributed by atoms with Crippen molar-refractivity contribution in [2.24, 2.45) is 10.9 Å². The molecule has 106 valence electrons. The van der Waals surface area contributed by atoms with Crippen LogP contribution in [0.5, 0.6) is 0 Å². The van der Waals surface area contributed by atoms with Gasteiger partial charge in [-0.2, -0.15) is 4.99 Å². The lowest BCUT2D eigenvalue weighted by molar-refractivity contribution is 0.0901. The van der Waals surface area contributed by atoms with Crippen molar-refractivity contribution in [2.45, 2.75) is 13.8 Å². The van der Waals surface area contributed by atoms with Gasteiger partial charge in [-0.05, 0) is 18.1 Å². The molecule has 1 rings (SSSR count). The van der Waals surface area contributed by atoms with Crippen molar-refractivity contribution >= 4 is 23.8 Å². The van der Waals surface area contributed by atoms with Crippen molar-refractivity contribution in [3.8, 4) is 0 Å². The Bertz CT molecular complexity index is 536. The van der Waals surface area contributed by atoms with E-state index in [2.05, 4.69) is 15.8 Å². The molecule has 0 heterocycles. The third-order valence-corrected chi connectivity index (χ3v) is 2.14. The molecule has 0 radical (unpaired) electrons. The molecule has 0 atom stereocenters. The van der Waals surface area contributed by atoms with E-state index < -0.39 is 12.0 Å². The zero-order chi connectivity index (χ0) is 15.0. The molecule has 7 heteroatoms. The fourth-order valence-electron chi connectivity index (χ4n) is 1.27. The summed E-state index contributed by atoms with van der Waals surface area (Å²) < 4.78 is 4.82. The van der Waals surface area contributed by atoms with Crippen molar-refractivity contribution in [2.75, 3.05) is 6.61 Å². The van der Waals surface area contributed by atoms with Gasteiger partial charge in [-0.15, -0.1) is 0 Å². The summed E-state index contributed by atoms with van der Waals surface area (Å²) in [5.74, 6) is -0.416.